The maximum absolute atomic E-state index is 10.6. The number of thioether (sulfide) groups is 1. The first-order chi connectivity index (χ1) is 9.63. The van der Waals surface area contributed by atoms with E-state index < -0.39 is 5.97 Å². The summed E-state index contributed by atoms with van der Waals surface area (Å²) in [6, 6.07) is 2.19. The number of hydrogen-bond acceptors (Lipinski definition) is 5. The summed E-state index contributed by atoms with van der Waals surface area (Å²) in [7, 11) is 1.80. The van der Waals surface area contributed by atoms with Gasteiger partial charge < -0.3 is 5.11 Å². The molecule has 0 bridgehead atoms. The van der Waals surface area contributed by atoms with Crippen LogP contribution in [0.1, 0.15) is 23.3 Å². The SMILES string of the molecule is Cn1nc(-c2cc3c(s2)CCCC3)nc1SCC(=O)O. The van der Waals surface area contributed by atoms with Crippen molar-refractivity contribution in [2.24, 2.45) is 7.05 Å². The monoisotopic (exact) mass is 309 g/mol. The fourth-order valence-corrected chi connectivity index (χ4v) is 4.14. The topological polar surface area (TPSA) is 68.0 Å². The predicted molar refractivity (Wildman–Crippen MR) is 79.3 cm³/mol. The Morgan fingerprint density at radius 1 is 1.50 bits per heavy atom. The molecule has 2 heterocycles. The Labute approximate surface area is 125 Å². The molecule has 106 valence electrons. The maximum Gasteiger partial charge on any atom is 0.313 e. The van der Waals surface area contributed by atoms with E-state index in [0.717, 1.165) is 17.7 Å². The molecule has 0 radical (unpaired) electrons. The Bertz CT molecular complexity index is 625. The summed E-state index contributed by atoms with van der Waals surface area (Å²) in [4.78, 5) is 17.6. The lowest BCUT2D eigenvalue weighted by atomic mass is 9.99. The van der Waals surface area contributed by atoms with Crippen LogP contribution < -0.4 is 0 Å². The van der Waals surface area contributed by atoms with Crippen molar-refractivity contribution in [1.29, 1.82) is 0 Å². The zero-order valence-electron chi connectivity index (χ0n) is 11.1. The fraction of sp³-hybridized carbons (Fsp3) is 0.462. The Balaban J connectivity index is 1.85. The molecule has 5 nitrogen and oxygen atoms in total. The van der Waals surface area contributed by atoms with Crippen molar-refractivity contribution in [3.05, 3.63) is 16.5 Å². The van der Waals surface area contributed by atoms with Crippen LogP contribution in [0.15, 0.2) is 11.2 Å². The summed E-state index contributed by atoms with van der Waals surface area (Å²) in [5.41, 5.74) is 1.43. The molecule has 0 fully saturated rings. The van der Waals surface area contributed by atoms with Gasteiger partial charge in [-0.3, -0.25) is 4.79 Å². The van der Waals surface area contributed by atoms with Crippen LogP contribution in [0, 0.1) is 0 Å². The second-order valence-electron chi connectivity index (χ2n) is 4.79. The zero-order valence-corrected chi connectivity index (χ0v) is 12.8. The molecular formula is C13H15N3O2S2. The highest BCUT2D eigenvalue weighted by Gasteiger charge is 2.18. The van der Waals surface area contributed by atoms with E-state index in [1.54, 1.807) is 23.1 Å². The van der Waals surface area contributed by atoms with Gasteiger partial charge in [0.05, 0.1) is 10.6 Å². The molecule has 7 heteroatoms. The van der Waals surface area contributed by atoms with Crippen LogP contribution in [0.4, 0.5) is 0 Å². The Hall–Kier alpha value is -1.34. The summed E-state index contributed by atoms with van der Waals surface area (Å²) in [6.07, 6.45) is 4.84. The molecule has 0 saturated heterocycles. The third-order valence-corrected chi connectivity index (χ3v) is 5.50. The minimum absolute atomic E-state index is 0.00686. The number of fused-ring (bicyclic) bond motifs is 1. The van der Waals surface area contributed by atoms with Gasteiger partial charge in [0.1, 0.15) is 0 Å². The molecule has 0 atom stereocenters. The largest absolute Gasteiger partial charge is 0.481 e. The number of aliphatic carboxylic acids is 1. The number of carboxylic acids is 1. The third kappa shape index (κ3) is 2.73. The normalized spacial score (nSPS) is 14.2. The second kappa shape index (κ2) is 5.57. The summed E-state index contributed by atoms with van der Waals surface area (Å²) >= 11 is 2.97. The first-order valence-corrected chi connectivity index (χ1v) is 8.31. The molecular weight excluding hydrogens is 294 g/mol. The van der Waals surface area contributed by atoms with Crippen LogP contribution in [0.2, 0.25) is 0 Å². The minimum atomic E-state index is -0.842. The number of aromatic nitrogens is 3. The van der Waals surface area contributed by atoms with E-state index >= 15 is 0 Å². The van der Waals surface area contributed by atoms with Crippen LogP contribution in [0.5, 0.6) is 0 Å². The molecule has 3 rings (SSSR count). The zero-order chi connectivity index (χ0) is 14.1. The van der Waals surface area contributed by atoms with E-state index in [4.69, 9.17) is 5.11 Å². The van der Waals surface area contributed by atoms with Gasteiger partial charge in [0, 0.05) is 11.9 Å². The molecule has 2 aromatic rings. The number of carboxylic acid groups (broad SMARTS) is 1. The van der Waals surface area contributed by atoms with E-state index in [1.807, 2.05) is 0 Å². The molecule has 0 aliphatic heterocycles. The van der Waals surface area contributed by atoms with E-state index in [1.165, 1.54) is 35.0 Å². The van der Waals surface area contributed by atoms with Crippen molar-refractivity contribution in [1.82, 2.24) is 14.8 Å². The van der Waals surface area contributed by atoms with Crippen LogP contribution in [0.25, 0.3) is 10.7 Å². The van der Waals surface area contributed by atoms with Gasteiger partial charge in [-0.2, -0.15) is 0 Å². The average molecular weight is 309 g/mol. The highest BCUT2D eigenvalue weighted by molar-refractivity contribution is 7.99. The Morgan fingerprint density at radius 2 is 2.30 bits per heavy atom. The van der Waals surface area contributed by atoms with Gasteiger partial charge in [-0.05, 0) is 37.3 Å². The van der Waals surface area contributed by atoms with Gasteiger partial charge in [-0.1, -0.05) is 11.8 Å². The molecule has 0 spiro atoms. The van der Waals surface area contributed by atoms with Gasteiger partial charge >= 0.3 is 5.97 Å². The molecule has 0 aromatic carbocycles. The van der Waals surface area contributed by atoms with Crippen LogP contribution in [-0.4, -0.2) is 31.6 Å². The lowest BCUT2D eigenvalue weighted by Gasteiger charge is -2.08. The lowest BCUT2D eigenvalue weighted by molar-refractivity contribution is -0.133. The maximum atomic E-state index is 10.6. The highest BCUT2D eigenvalue weighted by Crippen LogP contribution is 2.34. The van der Waals surface area contributed by atoms with Crippen LogP contribution >= 0.6 is 23.1 Å². The van der Waals surface area contributed by atoms with Crippen molar-refractivity contribution in [3.63, 3.8) is 0 Å². The van der Waals surface area contributed by atoms with Gasteiger partial charge in [0.15, 0.2) is 11.0 Å². The highest BCUT2D eigenvalue weighted by atomic mass is 32.2. The van der Waals surface area contributed by atoms with Gasteiger partial charge in [0.2, 0.25) is 0 Å². The summed E-state index contributed by atoms with van der Waals surface area (Å²) < 4.78 is 1.65. The number of nitrogens with zero attached hydrogens (tertiary/aromatic N) is 3. The van der Waals surface area contributed by atoms with Crippen LogP contribution in [-0.2, 0) is 24.7 Å². The molecule has 20 heavy (non-hydrogen) atoms. The van der Waals surface area contributed by atoms with Crippen LogP contribution in [0.3, 0.4) is 0 Å². The molecule has 0 saturated carbocycles. The molecule has 0 amide bonds. The summed E-state index contributed by atoms with van der Waals surface area (Å²) in [5, 5.41) is 13.8. The molecule has 1 aliphatic rings. The smallest absolute Gasteiger partial charge is 0.313 e. The quantitative estimate of drug-likeness (QED) is 0.879. The van der Waals surface area contributed by atoms with Crippen molar-refractivity contribution in [2.75, 3.05) is 5.75 Å². The number of aryl methyl sites for hydroxylation is 3. The molecule has 0 unspecified atom stereocenters. The minimum Gasteiger partial charge on any atom is -0.481 e. The average Bonchev–Trinajstić information content (AvgIpc) is 2.99. The number of hydrogen-bond donors (Lipinski definition) is 1. The lowest BCUT2D eigenvalue weighted by Crippen LogP contribution is -2.00. The van der Waals surface area contributed by atoms with Crippen molar-refractivity contribution in [2.45, 2.75) is 30.8 Å². The molecule has 1 N–H and O–H groups in total. The standard InChI is InChI=1S/C13H15N3O2S2/c1-16-13(19-7-11(17)18)14-12(15-16)10-6-8-4-2-3-5-9(8)20-10/h6H,2-5,7H2,1H3,(H,17,18). The van der Waals surface area contributed by atoms with E-state index in [2.05, 4.69) is 16.1 Å². The molecule has 2 aromatic heterocycles. The van der Waals surface area contributed by atoms with E-state index in [-0.39, 0.29) is 5.75 Å². The first-order valence-electron chi connectivity index (χ1n) is 6.51. The van der Waals surface area contributed by atoms with Crippen molar-refractivity contribution < 1.29 is 9.90 Å². The van der Waals surface area contributed by atoms with Gasteiger partial charge in [-0.15, -0.1) is 16.4 Å². The van der Waals surface area contributed by atoms with Gasteiger partial charge in [0.25, 0.3) is 0 Å². The Morgan fingerprint density at radius 3 is 3.05 bits per heavy atom. The summed E-state index contributed by atoms with van der Waals surface area (Å²) in [6.45, 7) is 0. The number of thiophene rings is 1. The number of rotatable bonds is 4. The van der Waals surface area contributed by atoms with E-state index in [9.17, 15) is 4.79 Å². The fourth-order valence-electron chi connectivity index (χ4n) is 2.33. The third-order valence-electron chi connectivity index (χ3n) is 3.26. The predicted octanol–water partition coefficient (Wildman–Crippen LogP) is 2.60. The second-order valence-corrected chi connectivity index (χ2v) is 6.87. The van der Waals surface area contributed by atoms with Crippen molar-refractivity contribution in [3.8, 4) is 10.7 Å². The van der Waals surface area contributed by atoms with Crippen molar-refractivity contribution >= 4 is 29.1 Å². The van der Waals surface area contributed by atoms with Gasteiger partial charge in [-0.25, -0.2) is 9.67 Å². The summed E-state index contributed by atoms with van der Waals surface area (Å²) in [5.74, 6) is -0.127. The Kier molecular flexibility index (Phi) is 3.80. The number of carbonyl (C=O) groups is 1. The van der Waals surface area contributed by atoms with E-state index in [0.29, 0.717) is 11.0 Å². The molecule has 1 aliphatic carbocycles. The first kappa shape index (κ1) is 13.6.